The quantitative estimate of drug-likeness (QED) is 0.108. The van der Waals surface area contributed by atoms with E-state index in [2.05, 4.69) is 83.9 Å². The number of likely N-dealkylation sites (N-methyl/N-ethyl adjacent to an activating group) is 2. The Labute approximate surface area is 434 Å². The molecule has 2 aromatic rings. The number of carbonyl (C=O) groups is 6. The standard InChI is InChI=1S/C54H78N8O8S2/c1-31(55-7)47(63)57-37-21-25-71-41-29-53(3,4)45(61(41)51(37)67)49(65)59-43-35-19-13-11-17-33(35)27-39(43)69-23-15-9-10-16-24-70-40-28-34-18-12-14-20-36(34)44(40)60-50(66)46-54(5,6)30-42-62(46)52(68)38(22-26-72-42)58-48(64)32(2)56-8/h11-14,17-20,31-32,37-46,55-56H,9-10,15-16,21-30H2,1-8H3,(H,57,63)(H,58,64)(H,59,65)(H,60,66)/t31?,32?,37?,38?,39-,40-,41?,42?,43+,44+,45?,46?/m1/s1. The number of ether oxygens (including phenoxy) is 2. The summed E-state index contributed by atoms with van der Waals surface area (Å²) >= 11 is 3.37. The first-order chi connectivity index (χ1) is 34.4. The number of carbonyl (C=O) groups excluding carboxylic acids is 6. The minimum absolute atomic E-state index is 0.157. The Kier molecular flexibility index (Phi) is 17.4. The molecule has 12 atom stereocenters. The first-order valence-corrected chi connectivity index (χ1v) is 28.4. The van der Waals surface area contributed by atoms with E-state index in [-0.39, 0.29) is 70.5 Å². The summed E-state index contributed by atoms with van der Waals surface area (Å²) in [6, 6.07) is 11.8. The van der Waals surface area contributed by atoms with Crippen LogP contribution in [-0.2, 0) is 51.1 Å². The second-order valence-electron chi connectivity index (χ2n) is 22.1. The molecular formula is C54H78N8O8S2. The van der Waals surface area contributed by atoms with E-state index in [9.17, 15) is 28.8 Å². The molecule has 394 valence electrons. The number of nitrogens with one attached hydrogen (secondary N) is 6. The number of fused-ring (bicyclic) bond motifs is 4. The fourth-order valence-corrected chi connectivity index (χ4v) is 15.0. The van der Waals surface area contributed by atoms with Crippen LogP contribution in [0.2, 0.25) is 0 Å². The van der Waals surface area contributed by atoms with Gasteiger partial charge < -0.3 is 51.2 Å². The highest BCUT2D eigenvalue weighted by Gasteiger charge is 2.57. The maximum Gasteiger partial charge on any atom is 0.246 e. The smallest absolute Gasteiger partial charge is 0.246 e. The first-order valence-electron chi connectivity index (χ1n) is 26.3. The van der Waals surface area contributed by atoms with Crippen molar-refractivity contribution in [3.63, 3.8) is 0 Å². The van der Waals surface area contributed by atoms with E-state index < -0.39 is 47.1 Å². The van der Waals surface area contributed by atoms with Crippen LogP contribution in [0.1, 0.15) is 127 Å². The third-order valence-electron chi connectivity index (χ3n) is 16.0. The molecule has 2 aliphatic carbocycles. The molecule has 4 fully saturated rings. The van der Waals surface area contributed by atoms with Crippen LogP contribution >= 0.6 is 23.5 Å². The summed E-state index contributed by atoms with van der Waals surface area (Å²) in [7, 11) is 3.42. The average molecular weight is 1030 g/mol. The summed E-state index contributed by atoms with van der Waals surface area (Å²) in [5.41, 5.74) is 3.37. The first kappa shape index (κ1) is 54.1. The zero-order valence-corrected chi connectivity index (χ0v) is 45.1. The molecule has 6 N–H and O–H groups in total. The lowest BCUT2D eigenvalue weighted by Crippen LogP contribution is -2.58. The van der Waals surface area contributed by atoms with E-state index in [1.165, 1.54) is 0 Å². The van der Waals surface area contributed by atoms with Crippen LogP contribution in [0, 0.1) is 10.8 Å². The third-order valence-corrected chi connectivity index (χ3v) is 18.5. The molecule has 0 aromatic heterocycles. The van der Waals surface area contributed by atoms with Crippen molar-refractivity contribution in [2.45, 2.75) is 177 Å². The molecule has 72 heavy (non-hydrogen) atoms. The average Bonchev–Trinajstić information content (AvgIpc) is 3.99. The third kappa shape index (κ3) is 11.5. The number of amides is 6. The predicted molar refractivity (Wildman–Crippen MR) is 281 cm³/mol. The zero-order chi connectivity index (χ0) is 51.5. The topological polar surface area (TPSA) is 200 Å². The van der Waals surface area contributed by atoms with Crippen molar-refractivity contribution in [1.82, 2.24) is 41.7 Å². The molecule has 4 saturated heterocycles. The number of hydrogen-bond donors (Lipinski definition) is 6. The summed E-state index contributed by atoms with van der Waals surface area (Å²) in [6.45, 7) is 12.8. The Bertz CT molecular complexity index is 2160. The Morgan fingerprint density at radius 2 is 1.00 bits per heavy atom. The van der Waals surface area contributed by atoms with Crippen molar-refractivity contribution in [2.24, 2.45) is 10.8 Å². The maximum atomic E-state index is 14.6. The normalized spacial score (nSPS) is 30.0. The molecule has 6 amide bonds. The van der Waals surface area contributed by atoms with Gasteiger partial charge in [0.15, 0.2) is 0 Å². The number of benzene rings is 2. The fraction of sp³-hybridized carbons (Fsp3) is 0.667. The van der Waals surface area contributed by atoms with Crippen molar-refractivity contribution in [3.8, 4) is 0 Å². The molecule has 0 spiro atoms. The summed E-state index contributed by atoms with van der Waals surface area (Å²) in [6.07, 6.45) is 6.71. The van der Waals surface area contributed by atoms with Crippen LogP contribution in [0.3, 0.4) is 0 Å². The van der Waals surface area contributed by atoms with Crippen molar-refractivity contribution in [2.75, 3.05) is 38.8 Å². The van der Waals surface area contributed by atoms with Crippen molar-refractivity contribution in [1.29, 1.82) is 0 Å². The molecule has 2 aromatic carbocycles. The van der Waals surface area contributed by atoms with Gasteiger partial charge in [-0.3, -0.25) is 28.8 Å². The molecule has 8 unspecified atom stereocenters. The number of unbranched alkanes of at least 4 members (excludes halogenated alkanes) is 3. The molecule has 4 heterocycles. The van der Waals surface area contributed by atoms with E-state index in [0.29, 0.717) is 63.2 Å². The number of rotatable bonds is 19. The molecule has 6 aliphatic rings. The van der Waals surface area contributed by atoms with Crippen LogP contribution in [0.25, 0.3) is 0 Å². The number of nitrogens with zero attached hydrogens (tertiary/aromatic N) is 2. The fourth-order valence-electron chi connectivity index (χ4n) is 11.8. The van der Waals surface area contributed by atoms with E-state index in [0.717, 1.165) is 47.9 Å². The Balaban J connectivity index is 0.836. The van der Waals surface area contributed by atoms with Gasteiger partial charge in [-0.25, -0.2) is 0 Å². The van der Waals surface area contributed by atoms with Gasteiger partial charge in [-0.05, 0) is 111 Å². The van der Waals surface area contributed by atoms with Gasteiger partial charge in [0.05, 0.1) is 47.1 Å². The highest BCUT2D eigenvalue weighted by atomic mass is 32.2. The van der Waals surface area contributed by atoms with Gasteiger partial charge in [0.25, 0.3) is 0 Å². The van der Waals surface area contributed by atoms with Crippen LogP contribution in [0.15, 0.2) is 48.5 Å². The summed E-state index contributed by atoms with van der Waals surface area (Å²) in [5.74, 6) is 0.117. The maximum absolute atomic E-state index is 14.6. The van der Waals surface area contributed by atoms with Gasteiger partial charge in [0.1, 0.15) is 24.2 Å². The van der Waals surface area contributed by atoms with E-state index in [1.807, 2.05) is 24.3 Å². The summed E-state index contributed by atoms with van der Waals surface area (Å²) in [5, 5.41) is 18.2. The highest BCUT2D eigenvalue weighted by molar-refractivity contribution is 8.00. The van der Waals surface area contributed by atoms with Crippen LogP contribution in [-0.4, -0.2) is 143 Å². The Morgan fingerprint density at radius 3 is 1.39 bits per heavy atom. The van der Waals surface area contributed by atoms with E-state index in [1.54, 1.807) is 61.3 Å². The van der Waals surface area contributed by atoms with Crippen LogP contribution in [0.5, 0.6) is 0 Å². The minimum Gasteiger partial charge on any atom is -0.375 e. The van der Waals surface area contributed by atoms with Crippen LogP contribution < -0.4 is 31.9 Å². The molecular weight excluding hydrogens is 953 g/mol. The van der Waals surface area contributed by atoms with Gasteiger partial charge in [-0.2, -0.15) is 0 Å². The van der Waals surface area contributed by atoms with Gasteiger partial charge in [0.2, 0.25) is 35.4 Å². The van der Waals surface area contributed by atoms with E-state index >= 15 is 0 Å². The predicted octanol–water partition coefficient (Wildman–Crippen LogP) is 4.51. The lowest BCUT2D eigenvalue weighted by atomic mass is 9.83. The van der Waals surface area contributed by atoms with Crippen LogP contribution in [0.4, 0.5) is 0 Å². The van der Waals surface area contributed by atoms with Crippen molar-refractivity contribution >= 4 is 59.0 Å². The number of hydrogen-bond acceptors (Lipinski definition) is 12. The summed E-state index contributed by atoms with van der Waals surface area (Å²) in [4.78, 5) is 86.8. The second kappa shape index (κ2) is 23.1. The summed E-state index contributed by atoms with van der Waals surface area (Å²) < 4.78 is 13.2. The Morgan fingerprint density at radius 1 is 0.611 bits per heavy atom. The molecule has 0 radical (unpaired) electrons. The monoisotopic (exact) mass is 1030 g/mol. The molecule has 0 bridgehead atoms. The SMILES string of the molecule is CNC(C)C(=O)NC1CCSC2CC(C)(C)C(C(=O)N[C@H]3c4ccccc4C[C@H]3OCCCCCCO[C@@H]3Cc4ccccc4[C@@H]3NC(=O)C3N4C(=O)C(NC(=O)C(C)NC)CCSC4CC3(C)C)N2C1=O. The largest absolute Gasteiger partial charge is 0.375 e. The van der Waals surface area contributed by atoms with Crippen molar-refractivity contribution in [3.05, 3.63) is 70.8 Å². The van der Waals surface area contributed by atoms with Gasteiger partial charge in [0, 0.05) is 26.1 Å². The highest BCUT2D eigenvalue weighted by Crippen LogP contribution is 2.48. The zero-order valence-electron chi connectivity index (χ0n) is 43.4. The lowest BCUT2D eigenvalue weighted by molar-refractivity contribution is -0.144. The lowest BCUT2D eigenvalue weighted by Gasteiger charge is -2.35. The van der Waals surface area contributed by atoms with Gasteiger partial charge in [-0.15, -0.1) is 23.5 Å². The van der Waals surface area contributed by atoms with Gasteiger partial charge in [-0.1, -0.05) is 89.1 Å². The Hall–Kier alpha value is -4.20. The van der Waals surface area contributed by atoms with E-state index in [4.69, 9.17) is 9.47 Å². The van der Waals surface area contributed by atoms with Crippen molar-refractivity contribution < 1.29 is 38.2 Å². The molecule has 8 rings (SSSR count). The molecule has 18 heteroatoms. The number of thioether (sulfide) groups is 2. The molecule has 4 aliphatic heterocycles. The van der Waals surface area contributed by atoms with Gasteiger partial charge >= 0.3 is 0 Å². The minimum atomic E-state index is -0.708. The molecule has 16 nitrogen and oxygen atoms in total. The second-order valence-corrected chi connectivity index (χ2v) is 24.6. The molecule has 0 saturated carbocycles.